The first-order valence-corrected chi connectivity index (χ1v) is 18.7. The summed E-state index contributed by atoms with van der Waals surface area (Å²) in [5, 5.41) is 10.5. The minimum atomic E-state index is -0.0690. The summed E-state index contributed by atoms with van der Waals surface area (Å²) in [5.41, 5.74) is 15.5. The minimum Gasteiger partial charge on any atom is -0.0622 e. The third kappa shape index (κ3) is 4.49. The van der Waals surface area contributed by atoms with Gasteiger partial charge in [0.15, 0.2) is 0 Å². The van der Waals surface area contributed by atoms with E-state index in [0.29, 0.717) is 0 Å². The Balaban J connectivity index is 1.00. The monoisotopic (exact) mass is 672 g/mol. The van der Waals surface area contributed by atoms with Crippen LogP contribution in [0.15, 0.2) is 182 Å². The van der Waals surface area contributed by atoms with Crippen LogP contribution in [0.1, 0.15) is 25.0 Å². The zero-order chi connectivity index (χ0) is 35.3. The van der Waals surface area contributed by atoms with Crippen molar-refractivity contribution in [3.8, 4) is 55.6 Å². The molecule has 0 amide bonds. The summed E-state index contributed by atoms with van der Waals surface area (Å²) in [5.74, 6) is 0. The van der Waals surface area contributed by atoms with Gasteiger partial charge in [-0.25, -0.2) is 0 Å². The van der Waals surface area contributed by atoms with Crippen LogP contribution in [0.4, 0.5) is 0 Å². The summed E-state index contributed by atoms with van der Waals surface area (Å²) in [4.78, 5) is 0. The third-order valence-corrected chi connectivity index (χ3v) is 12.0. The molecule has 1 aliphatic rings. The van der Waals surface area contributed by atoms with Gasteiger partial charge in [-0.2, -0.15) is 0 Å². The molecule has 0 atom stereocenters. The maximum atomic E-state index is 2.44. The van der Waals surface area contributed by atoms with Crippen molar-refractivity contribution in [3.05, 3.63) is 193 Å². The van der Waals surface area contributed by atoms with Crippen molar-refractivity contribution in [2.75, 3.05) is 0 Å². The predicted molar refractivity (Wildman–Crippen MR) is 227 cm³/mol. The highest BCUT2D eigenvalue weighted by Gasteiger charge is 2.36. The van der Waals surface area contributed by atoms with Crippen LogP contribution in [0, 0.1) is 0 Å². The van der Waals surface area contributed by atoms with E-state index in [9.17, 15) is 0 Å². The van der Waals surface area contributed by atoms with Crippen LogP contribution in [-0.2, 0) is 5.41 Å². The van der Waals surface area contributed by atoms with E-state index >= 15 is 0 Å². The second-order valence-electron chi connectivity index (χ2n) is 15.3. The highest BCUT2D eigenvalue weighted by atomic mass is 14.4. The third-order valence-electron chi connectivity index (χ3n) is 12.0. The SMILES string of the molecule is CC1(C)c2cc(-c3cccc(-c4cccc(-c5ccc6ccc7c(-c8ccccc8)ccc8ccc5c6c87)c4)c3)ccc2-c2c1ccc1ccccc21. The molecular weight excluding hydrogens is 637 g/mol. The van der Waals surface area contributed by atoms with Gasteiger partial charge in [0.25, 0.3) is 0 Å². The van der Waals surface area contributed by atoms with Gasteiger partial charge in [-0.15, -0.1) is 0 Å². The van der Waals surface area contributed by atoms with E-state index in [1.165, 1.54) is 110 Å². The van der Waals surface area contributed by atoms with E-state index in [4.69, 9.17) is 0 Å². The van der Waals surface area contributed by atoms with Crippen molar-refractivity contribution in [2.24, 2.45) is 0 Å². The molecule has 0 N–H and O–H groups in total. The Morgan fingerprint density at radius 2 is 0.811 bits per heavy atom. The first kappa shape index (κ1) is 30.2. The first-order chi connectivity index (χ1) is 26.0. The van der Waals surface area contributed by atoms with Gasteiger partial charge < -0.3 is 0 Å². The molecule has 53 heavy (non-hydrogen) atoms. The van der Waals surface area contributed by atoms with E-state index in [2.05, 4.69) is 196 Å². The first-order valence-electron chi connectivity index (χ1n) is 18.7. The quantitative estimate of drug-likeness (QED) is 0.163. The summed E-state index contributed by atoms with van der Waals surface area (Å²) in [6.07, 6.45) is 0. The molecule has 0 aliphatic heterocycles. The number of rotatable bonds is 4. The maximum Gasteiger partial charge on any atom is 0.0159 e. The average molecular weight is 673 g/mol. The maximum absolute atomic E-state index is 2.44. The van der Waals surface area contributed by atoms with Crippen LogP contribution in [-0.4, -0.2) is 0 Å². The predicted octanol–water partition coefficient (Wildman–Crippen LogP) is 14.7. The highest BCUT2D eigenvalue weighted by Crippen LogP contribution is 2.52. The summed E-state index contributed by atoms with van der Waals surface area (Å²) in [7, 11) is 0. The lowest BCUT2D eigenvalue weighted by molar-refractivity contribution is 0.661. The van der Waals surface area contributed by atoms with Gasteiger partial charge >= 0.3 is 0 Å². The van der Waals surface area contributed by atoms with Crippen molar-refractivity contribution in [1.29, 1.82) is 0 Å². The van der Waals surface area contributed by atoms with Gasteiger partial charge in [0.1, 0.15) is 0 Å². The molecule has 248 valence electrons. The van der Waals surface area contributed by atoms with Crippen molar-refractivity contribution in [1.82, 2.24) is 0 Å². The molecule has 10 aromatic carbocycles. The molecule has 0 saturated carbocycles. The van der Waals surface area contributed by atoms with E-state index in [1.54, 1.807) is 0 Å². The molecule has 0 nitrogen and oxygen atoms in total. The van der Waals surface area contributed by atoms with Gasteiger partial charge in [-0.1, -0.05) is 178 Å². The van der Waals surface area contributed by atoms with Crippen molar-refractivity contribution < 1.29 is 0 Å². The smallest absolute Gasteiger partial charge is 0.0159 e. The molecule has 0 aromatic heterocycles. The van der Waals surface area contributed by atoms with Crippen LogP contribution < -0.4 is 0 Å². The van der Waals surface area contributed by atoms with Crippen LogP contribution in [0.25, 0.3) is 98.7 Å². The van der Waals surface area contributed by atoms with E-state index < -0.39 is 0 Å². The summed E-state index contributed by atoms with van der Waals surface area (Å²) in [6.45, 7) is 4.75. The molecule has 0 spiro atoms. The Kier molecular flexibility index (Phi) is 6.40. The molecule has 0 bridgehead atoms. The van der Waals surface area contributed by atoms with Gasteiger partial charge in [-0.05, 0) is 128 Å². The van der Waals surface area contributed by atoms with Gasteiger partial charge in [-0.3, -0.25) is 0 Å². The van der Waals surface area contributed by atoms with Gasteiger partial charge in [0.2, 0.25) is 0 Å². The lowest BCUT2D eigenvalue weighted by Gasteiger charge is -2.22. The Labute approximate surface area is 310 Å². The molecule has 0 saturated heterocycles. The van der Waals surface area contributed by atoms with Crippen molar-refractivity contribution in [3.63, 3.8) is 0 Å². The Morgan fingerprint density at radius 3 is 1.51 bits per heavy atom. The highest BCUT2D eigenvalue weighted by molar-refractivity contribution is 6.27. The number of hydrogen-bond donors (Lipinski definition) is 0. The zero-order valence-corrected chi connectivity index (χ0v) is 29.8. The molecule has 0 heteroatoms. The topological polar surface area (TPSA) is 0 Å². The van der Waals surface area contributed by atoms with E-state index in [-0.39, 0.29) is 5.41 Å². The van der Waals surface area contributed by atoms with Crippen molar-refractivity contribution >= 4 is 43.1 Å². The second-order valence-corrected chi connectivity index (χ2v) is 15.3. The fraction of sp³-hybridized carbons (Fsp3) is 0.0566. The van der Waals surface area contributed by atoms with E-state index in [0.717, 1.165) is 0 Å². The fourth-order valence-electron chi connectivity index (χ4n) is 9.35. The lowest BCUT2D eigenvalue weighted by Crippen LogP contribution is -2.15. The molecule has 10 aromatic rings. The Hall–Kier alpha value is -6.50. The number of benzene rings is 10. The molecular formula is C53H36. The summed E-state index contributed by atoms with van der Waals surface area (Å²) < 4.78 is 0. The average Bonchev–Trinajstić information content (AvgIpc) is 3.45. The molecule has 0 fully saturated rings. The van der Waals surface area contributed by atoms with E-state index in [1.807, 2.05) is 0 Å². The number of fused-ring (bicyclic) bond motifs is 5. The number of hydrogen-bond acceptors (Lipinski definition) is 0. The van der Waals surface area contributed by atoms with Crippen LogP contribution in [0.2, 0.25) is 0 Å². The lowest BCUT2D eigenvalue weighted by atomic mass is 9.81. The van der Waals surface area contributed by atoms with Gasteiger partial charge in [0, 0.05) is 5.41 Å². The second kappa shape index (κ2) is 11.2. The van der Waals surface area contributed by atoms with Crippen molar-refractivity contribution in [2.45, 2.75) is 19.3 Å². The normalized spacial score (nSPS) is 13.2. The largest absolute Gasteiger partial charge is 0.0622 e. The Morgan fingerprint density at radius 1 is 0.302 bits per heavy atom. The molecule has 11 rings (SSSR count). The summed E-state index contributed by atoms with van der Waals surface area (Å²) in [6, 6.07) is 67.8. The van der Waals surface area contributed by atoms with Crippen LogP contribution in [0.3, 0.4) is 0 Å². The zero-order valence-electron chi connectivity index (χ0n) is 29.8. The molecule has 0 unspecified atom stereocenters. The van der Waals surface area contributed by atoms with Crippen LogP contribution in [0.5, 0.6) is 0 Å². The molecule has 0 radical (unpaired) electrons. The Bertz CT molecular complexity index is 3070. The van der Waals surface area contributed by atoms with Gasteiger partial charge in [0.05, 0.1) is 0 Å². The fourth-order valence-corrected chi connectivity index (χ4v) is 9.35. The standard InChI is InChI=1S/C53H36/c1-53(2)48-29-23-34-12-6-7-17-44(34)52(48)47-28-22-40(32-49(47)53)38-14-8-13-37(30-38)39-15-9-16-41(31-39)43-25-19-36-20-26-45-42(33-10-4-3-5-11-33)24-18-35-21-27-46(43)51(36)50(35)45/h3-32H,1-2H3. The molecule has 0 heterocycles. The van der Waals surface area contributed by atoms with Crippen LogP contribution >= 0.6 is 0 Å². The summed E-state index contributed by atoms with van der Waals surface area (Å²) >= 11 is 0. The molecule has 1 aliphatic carbocycles. The minimum absolute atomic E-state index is 0.0690.